The zero-order valence-electron chi connectivity index (χ0n) is 25.6. The summed E-state index contributed by atoms with van der Waals surface area (Å²) in [4.78, 5) is 15.5. The molecule has 47 heavy (non-hydrogen) atoms. The zero-order chi connectivity index (χ0) is 31.2. The number of aromatic nitrogens is 3. The highest BCUT2D eigenvalue weighted by molar-refractivity contribution is 6.17. The summed E-state index contributed by atoms with van der Waals surface area (Å²) in [7, 11) is 0. The molecule has 6 aromatic carbocycles. The van der Waals surface area contributed by atoms with Gasteiger partial charge < -0.3 is 4.42 Å². The Morgan fingerprint density at radius 1 is 0.404 bits per heavy atom. The van der Waals surface area contributed by atoms with E-state index in [0.29, 0.717) is 17.5 Å². The fourth-order valence-corrected chi connectivity index (χ4v) is 6.73. The van der Waals surface area contributed by atoms with Crippen molar-refractivity contribution in [1.82, 2.24) is 15.0 Å². The van der Waals surface area contributed by atoms with Gasteiger partial charge in [0.15, 0.2) is 17.5 Å². The third-order valence-electron chi connectivity index (χ3n) is 9.07. The SMILES string of the molecule is C1=C(c2nc(-c3ccc(-c4ccccc4)cc3)nc(-c3cccc4oc5cccc(-c6ccccc6)c5c34)n2)CCc2ccccc21. The smallest absolute Gasteiger partial charge is 0.164 e. The van der Waals surface area contributed by atoms with Gasteiger partial charge in [-0.25, -0.2) is 15.0 Å². The van der Waals surface area contributed by atoms with Crippen molar-refractivity contribution >= 4 is 33.6 Å². The molecule has 0 saturated heterocycles. The number of aryl methyl sites for hydroxylation is 1. The van der Waals surface area contributed by atoms with Crippen molar-refractivity contribution in [3.63, 3.8) is 0 Å². The molecule has 0 amide bonds. The molecule has 2 heterocycles. The first-order valence-electron chi connectivity index (χ1n) is 16.0. The molecule has 4 nitrogen and oxygen atoms in total. The molecule has 1 aliphatic rings. The number of benzene rings is 6. The quantitative estimate of drug-likeness (QED) is 0.196. The van der Waals surface area contributed by atoms with Gasteiger partial charge in [0.05, 0.1) is 0 Å². The van der Waals surface area contributed by atoms with E-state index in [-0.39, 0.29) is 0 Å². The maximum atomic E-state index is 6.45. The van der Waals surface area contributed by atoms with Gasteiger partial charge in [-0.15, -0.1) is 0 Å². The fraction of sp³-hybridized carbons (Fsp3) is 0.0465. The molecule has 1 aliphatic carbocycles. The summed E-state index contributed by atoms with van der Waals surface area (Å²) in [5, 5.41) is 2.07. The molecule has 0 spiro atoms. The van der Waals surface area contributed by atoms with Crippen LogP contribution in [0.25, 0.3) is 78.6 Å². The first-order valence-corrected chi connectivity index (χ1v) is 16.0. The van der Waals surface area contributed by atoms with Gasteiger partial charge in [0.1, 0.15) is 11.2 Å². The molecule has 0 N–H and O–H groups in total. The van der Waals surface area contributed by atoms with E-state index in [9.17, 15) is 0 Å². The molecule has 4 heteroatoms. The first-order chi connectivity index (χ1) is 23.3. The Hall–Kier alpha value is -6.13. The minimum Gasteiger partial charge on any atom is -0.456 e. The van der Waals surface area contributed by atoms with Crippen LogP contribution in [0.3, 0.4) is 0 Å². The normalized spacial score (nSPS) is 12.6. The van der Waals surface area contributed by atoms with Gasteiger partial charge in [0.25, 0.3) is 0 Å². The van der Waals surface area contributed by atoms with Gasteiger partial charge in [-0.05, 0) is 70.0 Å². The predicted octanol–water partition coefficient (Wildman–Crippen LogP) is 10.9. The summed E-state index contributed by atoms with van der Waals surface area (Å²) in [5.74, 6) is 1.99. The standard InChI is InChI=1S/C43H29N3O/c1-3-11-28(12-4-1)30-21-24-32(25-22-30)41-44-42(34-26-23-29-13-7-8-16-33(29)27-34)46-43(45-41)36-18-10-20-38-40(36)39-35(17-9-19-37(39)47-38)31-14-5-2-6-15-31/h1-22,24-25,27H,23,26H2. The summed E-state index contributed by atoms with van der Waals surface area (Å²) in [5.41, 5.74) is 11.8. The highest BCUT2D eigenvalue weighted by Crippen LogP contribution is 2.41. The lowest BCUT2D eigenvalue weighted by atomic mass is 9.92. The summed E-state index contributed by atoms with van der Waals surface area (Å²) in [6.45, 7) is 0. The van der Waals surface area contributed by atoms with E-state index < -0.39 is 0 Å². The average molecular weight is 604 g/mol. The minimum atomic E-state index is 0.632. The fourth-order valence-electron chi connectivity index (χ4n) is 6.73. The third kappa shape index (κ3) is 4.91. The Bertz CT molecular complexity index is 2440. The Morgan fingerprint density at radius 3 is 1.74 bits per heavy atom. The predicted molar refractivity (Wildman–Crippen MR) is 191 cm³/mol. The molecule has 0 aliphatic heterocycles. The molecule has 0 radical (unpaired) electrons. The van der Waals surface area contributed by atoms with Crippen LogP contribution < -0.4 is 0 Å². The van der Waals surface area contributed by atoms with Crippen LogP contribution in [0.2, 0.25) is 0 Å². The van der Waals surface area contributed by atoms with Crippen LogP contribution in [-0.4, -0.2) is 15.0 Å². The van der Waals surface area contributed by atoms with Gasteiger partial charge in [-0.3, -0.25) is 0 Å². The van der Waals surface area contributed by atoms with Crippen LogP contribution in [0, 0.1) is 0 Å². The summed E-state index contributed by atoms with van der Waals surface area (Å²) in [6.07, 6.45) is 4.05. The van der Waals surface area contributed by atoms with Crippen LogP contribution >= 0.6 is 0 Å². The van der Waals surface area contributed by atoms with Crippen LogP contribution in [0.1, 0.15) is 23.4 Å². The maximum absolute atomic E-state index is 6.45. The number of rotatable bonds is 5. The van der Waals surface area contributed by atoms with Crippen molar-refractivity contribution in [1.29, 1.82) is 0 Å². The Kier molecular flexibility index (Phi) is 6.57. The Morgan fingerprint density at radius 2 is 0.979 bits per heavy atom. The summed E-state index contributed by atoms with van der Waals surface area (Å²) >= 11 is 0. The van der Waals surface area contributed by atoms with E-state index in [4.69, 9.17) is 19.4 Å². The molecule has 0 atom stereocenters. The highest BCUT2D eigenvalue weighted by Gasteiger charge is 2.21. The number of allylic oxidation sites excluding steroid dienone is 1. The number of hydrogen-bond acceptors (Lipinski definition) is 4. The molecule has 2 aromatic heterocycles. The van der Waals surface area contributed by atoms with Crippen molar-refractivity contribution in [2.45, 2.75) is 12.8 Å². The van der Waals surface area contributed by atoms with E-state index in [0.717, 1.165) is 68.2 Å². The molecule has 0 saturated carbocycles. The lowest BCUT2D eigenvalue weighted by Crippen LogP contribution is -2.06. The van der Waals surface area contributed by atoms with Gasteiger partial charge in [0, 0.05) is 21.9 Å². The van der Waals surface area contributed by atoms with Crippen molar-refractivity contribution in [3.05, 3.63) is 163 Å². The van der Waals surface area contributed by atoms with Gasteiger partial charge in [-0.2, -0.15) is 0 Å². The topological polar surface area (TPSA) is 51.8 Å². The lowest BCUT2D eigenvalue weighted by molar-refractivity contribution is 0.669. The third-order valence-corrected chi connectivity index (χ3v) is 9.07. The molecule has 222 valence electrons. The molecule has 0 bridgehead atoms. The second-order valence-corrected chi connectivity index (χ2v) is 11.9. The lowest BCUT2D eigenvalue weighted by Gasteiger charge is -2.17. The molecule has 9 rings (SSSR count). The van der Waals surface area contributed by atoms with Crippen molar-refractivity contribution < 1.29 is 4.42 Å². The summed E-state index contributed by atoms with van der Waals surface area (Å²) in [6, 6.07) is 50.3. The molecule has 8 aromatic rings. The number of furan rings is 1. The minimum absolute atomic E-state index is 0.632. The average Bonchev–Trinajstić information content (AvgIpc) is 3.54. The van der Waals surface area contributed by atoms with Crippen molar-refractivity contribution in [2.24, 2.45) is 0 Å². The molecular weight excluding hydrogens is 574 g/mol. The number of fused-ring (bicyclic) bond motifs is 4. The van der Waals surface area contributed by atoms with Gasteiger partial charge >= 0.3 is 0 Å². The van der Waals surface area contributed by atoms with Gasteiger partial charge in [-0.1, -0.05) is 133 Å². The van der Waals surface area contributed by atoms with Crippen molar-refractivity contribution in [3.8, 4) is 45.0 Å². The maximum Gasteiger partial charge on any atom is 0.164 e. The molecular formula is C43H29N3O. The van der Waals surface area contributed by atoms with E-state index in [1.165, 1.54) is 16.7 Å². The van der Waals surface area contributed by atoms with Crippen LogP contribution in [-0.2, 0) is 6.42 Å². The first kappa shape index (κ1) is 27.2. The Balaban J connectivity index is 1.26. The van der Waals surface area contributed by atoms with Crippen LogP contribution in [0.4, 0.5) is 0 Å². The Labute approximate surface area is 272 Å². The van der Waals surface area contributed by atoms with E-state index in [1.54, 1.807) is 0 Å². The second-order valence-electron chi connectivity index (χ2n) is 11.9. The van der Waals surface area contributed by atoms with E-state index in [2.05, 4.69) is 121 Å². The summed E-state index contributed by atoms with van der Waals surface area (Å²) < 4.78 is 6.45. The second kappa shape index (κ2) is 11.3. The molecule has 0 fully saturated rings. The van der Waals surface area contributed by atoms with Gasteiger partial charge in [0.2, 0.25) is 0 Å². The van der Waals surface area contributed by atoms with Crippen LogP contribution in [0.15, 0.2) is 150 Å². The number of nitrogens with zero attached hydrogens (tertiary/aromatic N) is 3. The van der Waals surface area contributed by atoms with E-state index >= 15 is 0 Å². The number of hydrogen-bond donors (Lipinski definition) is 0. The molecule has 0 unspecified atom stereocenters. The highest BCUT2D eigenvalue weighted by atomic mass is 16.3. The van der Waals surface area contributed by atoms with Crippen LogP contribution in [0.5, 0.6) is 0 Å². The van der Waals surface area contributed by atoms with Crippen molar-refractivity contribution in [2.75, 3.05) is 0 Å². The zero-order valence-corrected chi connectivity index (χ0v) is 25.6. The largest absolute Gasteiger partial charge is 0.456 e. The van der Waals surface area contributed by atoms with E-state index in [1.807, 2.05) is 30.3 Å². The monoisotopic (exact) mass is 603 g/mol.